The maximum absolute atomic E-state index is 5.80. The van der Waals surface area contributed by atoms with Crippen molar-refractivity contribution < 1.29 is 9.47 Å². The summed E-state index contributed by atoms with van der Waals surface area (Å²) in [4.78, 5) is 0. The van der Waals surface area contributed by atoms with Crippen molar-refractivity contribution in [2.24, 2.45) is 5.84 Å². The van der Waals surface area contributed by atoms with Gasteiger partial charge in [0.2, 0.25) is 0 Å². The number of methoxy groups -OCH3 is 2. The van der Waals surface area contributed by atoms with E-state index in [0.29, 0.717) is 0 Å². The summed E-state index contributed by atoms with van der Waals surface area (Å²) < 4.78 is 11.0. The van der Waals surface area contributed by atoms with Crippen LogP contribution in [0.25, 0.3) is 0 Å². The molecule has 0 aliphatic carbocycles. The third-order valence-electron chi connectivity index (χ3n) is 4.08. The Morgan fingerprint density at radius 3 is 2.26 bits per heavy atom. The first kappa shape index (κ1) is 16.0. The van der Waals surface area contributed by atoms with Crippen LogP contribution in [0.2, 0.25) is 0 Å². The monoisotopic (exact) mass is 266 g/mol. The van der Waals surface area contributed by atoms with E-state index in [1.165, 1.54) is 0 Å². The van der Waals surface area contributed by atoms with Gasteiger partial charge in [-0.25, -0.2) is 0 Å². The summed E-state index contributed by atoms with van der Waals surface area (Å²) in [6.45, 7) is 6.31. The van der Waals surface area contributed by atoms with Crippen LogP contribution in [-0.2, 0) is 4.74 Å². The second-order valence-corrected chi connectivity index (χ2v) is 4.80. The van der Waals surface area contributed by atoms with Gasteiger partial charge in [-0.1, -0.05) is 19.9 Å². The van der Waals surface area contributed by atoms with Crippen molar-refractivity contribution in [3.63, 3.8) is 0 Å². The van der Waals surface area contributed by atoms with Crippen molar-refractivity contribution in [3.8, 4) is 5.75 Å². The van der Waals surface area contributed by atoms with Crippen LogP contribution in [0.4, 0.5) is 0 Å². The van der Waals surface area contributed by atoms with Crippen LogP contribution in [0, 0.1) is 6.92 Å². The number of nitrogens with one attached hydrogen (secondary N) is 1. The van der Waals surface area contributed by atoms with E-state index in [1.54, 1.807) is 14.2 Å². The van der Waals surface area contributed by atoms with Crippen molar-refractivity contribution in [3.05, 3.63) is 29.3 Å². The minimum Gasteiger partial charge on any atom is -0.497 e. The van der Waals surface area contributed by atoms with E-state index >= 15 is 0 Å². The highest BCUT2D eigenvalue weighted by atomic mass is 16.5. The lowest BCUT2D eigenvalue weighted by Gasteiger charge is -2.39. The Hall–Kier alpha value is -1.10. The Labute approximate surface area is 116 Å². The second-order valence-electron chi connectivity index (χ2n) is 4.80. The molecule has 4 nitrogen and oxygen atoms in total. The molecule has 0 saturated carbocycles. The van der Waals surface area contributed by atoms with E-state index < -0.39 is 0 Å². The van der Waals surface area contributed by atoms with Crippen LogP contribution in [0.3, 0.4) is 0 Å². The van der Waals surface area contributed by atoms with Gasteiger partial charge in [-0.3, -0.25) is 11.3 Å². The summed E-state index contributed by atoms with van der Waals surface area (Å²) in [5.41, 5.74) is 4.92. The van der Waals surface area contributed by atoms with E-state index in [1.807, 2.05) is 12.1 Å². The number of hydrogen-bond acceptors (Lipinski definition) is 4. The van der Waals surface area contributed by atoms with Gasteiger partial charge in [0.05, 0.1) is 18.8 Å². The SMILES string of the molecule is CCC(CC)(OC)C(NN)c1ccc(OC)cc1C. The number of rotatable bonds is 7. The average molecular weight is 266 g/mol. The first-order valence-electron chi connectivity index (χ1n) is 6.74. The van der Waals surface area contributed by atoms with E-state index in [4.69, 9.17) is 15.3 Å². The minimum absolute atomic E-state index is 0.0431. The van der Waals surface area contributed by atoms with Crippen molar-refractivity contribution in [1.82, 2.24) is 5.43 Å². The Kier molecular flexibility index (Phi) is 5.79. The highest BCUT2D eigenvalue weighted by Crippen LogP contribution is 2.36. The summed E-state index contributed by atoms with van der Waals surface area (Å²) in [5.74, 6) is 6.65. The van der Waals surface area contributed by atoms with Gasteiger partial charge >= 0.3 is 0 Å². The molecule has 1 unspecified atom stereocenters. The quantitative estimate of drug-likeness (QED) is 0.588. The van der Waals surface area contributed by atoms with Crippen molar-refractivity contribution in [2.75, 3.05) is 14.2 Å². The van der Waals surface area contributed by atoms with Gasteiger partial charge in [-0.05, 0) is 43.0 Å². The van der Waals surface area contributed by atoms with Gasteiger partial charge in [-0.15, -0.1) is 0 Å². The third kappa shape index (κ3) is 3.08. The van der Waals surface area contributed by atoms with Crippen molar-refractivity contribution in [2.45, 2.75) is 45.3 Å². The van der Waals surface area contributed by atoms with Crippen molar-refractivity contribution in [1.29, 1.82) is 0 Å². The molecule has 1 aromatic rings. The molecule has 108 valence electrons. The molecular formula is C15H26N2O2. The maximum atomic E-state index is 5.80. The summed E-state index contributed by atoms with van der Waals surface area (Å²) in [5, 5.41) is 0. The van der Waals surface area contributed by atoms with Crippen molar-refractivity contribution >= 4 is 0 Å². The lowest BCUT2D eigenvalue weighted by atomic mass is 9.82. The van der Waals surface area contributed by atoms with Crippen LogP contribution < -0.4 is 16.0 Å². The Morgan fingerprint density at radius 1 is 1.26 bits per heavy atom. The van der Waals surface area contributed by atoms with Gasteiger partial charge in [0.25, 0.3) is 0 Å². The van der Waals surface area contributed by atoms with Crippen LogP contribution in [0.15, 0.2) is 18.2 Å². The molecular weight excluding hydrogens is 240 g/mol. The van der Waals surface area contributed by atoms with Gasteiger partial charge in [-0.2, -0.15) is 0 Å². The molecule has 1 atom stereocenters. The van der Waals surface area contributed by atoms with Crippen LogP contribution in [0.5, 0.6) is 5.75 Å². The van der Waals surface area contributed by atoms with Gasteiger partial charge in [0.1, 0.15) is 5.75 Å². The summed E-state index contributed by atoms with van der Waals surface area (Å²) in [7, 11) is 3.42. The number of aryl methyl sites for hydroxylation is 1. The lowest BCUT2D eigenvalue weighted by Crippen LogP contribution is -2.47. The molecule has 3 N–H and O–H groups in total. The number of hydrogen-bond donors (Lipinski definition) is 2. The van der Waals surface area contributed by atoms with Gasteiger partial charge in [0, 0.05) is 7.11 Å². The molecule has 0 heterocycles. The lowest BCUT2D eigenvalue weighted by molar-refractivity contribution is -0.0488. The van der Waals surface area contributed by atoms with E-state index in [0.717, 1.165) is 29.7 Å². The standard InChI is InChI=1S/C15H26N2O2/c1-6-15(7-2,19-5)14(17-16)13-9-8-12(18-4)10-11(13)3/h8-10,14,17H,6-7,16H2,1-5H3. The molecule has 4 heteroatoms. The zero-order valence-electron chi connectivity index (χ0n) is 12.6. The molecule has 0 aliphatic heterocycles. The first-order valence-corrected chi connectivity index (χ1v) is 6.74. The third-order valence-corrected chi connectivity index (χ3v) is 4.08. The summed E-state index contributed by atoms with van der Waals surface area (Å²) >= 11 is 0. The van der Waals surface area contributed by atoms with Crippen LogP contribution in [0.1, 0.15) is 43.9 Å². The molecule has 0 amide bonds. The second kappa shape index (κ2) is 6.89. The fourth-order valence-corrected chi connectivity index (χ4v) is 2.69. The Bertz CT molecular complexity index is 395. The van der Waals surface area contributed by atoms with E-state index in [2.05, 4.69) is 32.3 Å². The zero-order chi connectivity index (χ0) is 14.5. The van der Waals surface area contributed by atoms with E-state index in [-0.39, 0.29) is 11.6 Å². The molecule has 0 spiro atoms. The maximum Gasteiger partial charge on any atom is 0.119 e. The molecule has 0 fully saturated rings. The molecule has 0 aromatic heterocycles. The topological polar surface area (TPSA) is 56.5 Å². The average Bonchev–Trinajstić information content (AvgIpc) is 2.45. The molecule has 19 heavy (non-hydrogen) atoms. The predicted octanol–water partition coefficient (Wildman–Crippen LogP) is 2.71. The highest BCUT2D eigenvalue weighted by Gasteiger charge is 2.37. The fourth-order valence-electron chi connectivity index (χ4n) is 2.69. The molecule has 0 bridgehead atoms. The van der Waals surface area contributed by atoms with Crippen LogP contribution in [-0.4, -0.2) is 19.8 Å². The van der Waals surface area contributed by atoms with E-state index in [9.17, 15) is 0 Å². The highest BCUT2D eigenvalue weighted by molar-refractivity contribution is 5.38. The summed E-state index contributed by atoms with van der Waals surface area (Å²) in [6, 6.07) is 5.99. The fraction of sp³-hybridized carbons (Fsp3) is 0.600. The number of hydrazine groups is 1. The molecule has 1 rings (SSSR count). The van der Waals surface area contributed by atoms with Gasteiger partial charge in [0.15, 0.2) is 0 Å². The molecule has 0 saturated heterocycles. The molecule has 0 aliphatic rings. The Morgan fingerprint density at radius 2 is 1.89 bits per heavy atom. The molecule has 0 radical (unpaired) electrons. The number of ether oxygens (including phenoxy) is 2. The summed E-state index contributed by atoms with van der Waals surface area (Å²) in [6.07, 6.45) is 1.78. The number of nitrogens with two attached hydrogens (primary N) is 1. The van der Waals surface area contributed by atoms with Gasteiger partial charge < -0.3 is 9.47 Å². The minimum atomic E-state index is -0.298. The normalized spacial score (nSPS) is 13.4. The number of benzene rings is 1. The van der Waals surface area contributed by atoms with Crippen LogP contribution >= 0.6 is 0 Å². The largest absolute Gasteiger partial charge is 0.497 e. The zero-order valence-corrected chi connectivity index (χ0v) is 12.6. The predicted molar refractivity (Wildman–Crippen MR) is 78.1 cm³/mol. The first-order chi connectivity index (χ1) is 9.08. The Balaban J connectivity index is 3.22. The smallest absolute Gasteiger partial charge is 0.119 e. The molecule has 1 aromatic carbocycles.